The van der Waals surface area contributed by atoms with Crippen LogP contribution in [-0.4, -0.2) is 55.3 Å². The van der Waals surface area contributed by atoms with E-state index < -0.39 is 10.0 Å². The Labute approximate surface area is 113 Å². The van der Waals surface area contributed by atoms with E-state index >= 15 is 0 Å². The lowest BCUT2D eigenvalue weighted by Gasteiger charge is -2.31. The molecular weight excluding hydrogens is 268 g/mol. The Hall–Kier alpha value is -0.990. The predicted molar refractivity (Wildman–Crippen MR) is 70.0 cm³/mol. The molecule has 7 nitrogen and oxygen atoms in total. The van der Waals surface area contributed by atoms with Crippen LogP contribution in [0.3, 0.4) is 0 Å². The Morgan fingerprint density at radius 3 is 3.11 bits per heavy atom. The first kappa shape index (κ1) is 14.4. The van der Waals surface area contributed by atoms with Gasteiger partial charge in [-0.1, -0.05) is 5.16 Å². The maximum atomic E-state index is 11.5. The Bertz CT molecular complexity index is 474. The summed E-state index contributed by atoms with van der Waals surface area (Å²) in [4.78, 5) is 3.94. The molecule has 8 heteroatoms. The van der Waals surface area contributed by atoms with Gasteiger partial charge in [0.1, 0.15) is 0 Å². The quantitative estimate of drug-likeness (QED) is 0.734. The van der Waals surface area contributed by atoms with Crippen LogP contribution in [0.15, 0.2) is 10.9 Å². The van der Waals surface area contributed by atoms with Gasteiger partial charge >= 0.3 is 0 Å². The van der Waals surface area contributed by atoms with Crippen LogP contribution in [0.25, 0.3) is 0 Å². The van der Waals surface area contributed by atoms with E-state index in [2.05, 4.69) is 15.5 Å². The number of nitrogens with one attached hydrogen (secondary N) is 1. The van der Waals surface area contributed by atoms with Crippen molar-refractivity contribution in [2.45, 2.75) is 19.3 Å². The van der Waals surface area contributed by atoms with Gasteiger partial charge in [0.25, 0.3) is 0 Å². The first-order chi connectivity index (χ1) is 9.05. The maximum Gasteiger partial charge on any atom is 0.227 e. The minimum Gasteiger partial charge on any atom is -0.340 e. The molecule has 0 radical (unpaired) electrons. The minimum atomic E-state index is -3.05. The van der Waals surface area contributed by atoms with Crippen LogP contribution < -0.4 is 5.32 Å². The molecule has 1 N–H and O–H groups in total. The molecule has 1 unspecified atom stereocenters. The smallest absolute Gasteiger partial charge is 0.227 e. The average molecular weight is 288 g/mol. The molecule has 2 rings (SSSR count). The summed E-state index contributed by atoms with van der Waals surface area (Å²) in [5.74, 6) is 1.00. The Morgan fingerprint density at radius 2 is 2.42 bits per heavy atom. The summed E-state index contributed by atoms with van der Waals surface area (Å²) in [5, 5.41) is 6.86. The number of rotatable bonds is 6. The van der Waals surface area contributed by atoms with Crippen molar-refractivity contribution in [3.63, 3.8) is 0 Å². The molecule has 1 aromatic heterocycles. The van der Waals surface area contributed by atoms with Gasteiger partial charge in [0.2, 0.25) is 15.9 Å². The van der Waals surface area contributed by atoms with Gasteiger partial charge in [-0.3, -0.25) is 0 Å². The second kappa shape index (κ2) is 6.44. The summed E-state index contributed by atoms with van der Waals surface area (Å²) in [6, 6.07) is 0. The first-order valence-electron chi connectivity index (χ1n) is 6.47. The summed E-state index contributed by atoms with van der Waals surface area (Å²) < 4.78 is 29.5. The van der Waals surface area contributed by atoms with Crippen LogP contribution in [0.4, 0.5) is 0 Å². The molecule has 108 valence electrons. The zero-order valence-corrected chi connectivity index (χ0v) is 11.9. The fourth-order valence-electron chi connectivity index (χ4n) is 2.30. The van der Waals surface area contributed by atoms with Crippen molar-refractivity contribution >= 4 is 10.0 Å². The highest BCUT2D eigenvalue weighted by Crippen LogP contribution is 2.17. The molecule has 1 saturated heterocycles. The molecule has 0 aliphatic carbocycles. The highest BCUT2D eigenvalue weighted by molar-refractivity contribution is 7.88. The molecule has 0 aromatic carbocycles. The normalized spacial score (nSPS) is 21.6. The van der Waals surface area contributed by atoms with Crippen molar-refractivity contribution in [2.24, 2.45) is 5.92 Å². The van der Waals surface area contributed by atoms with E-state index in [4.69, 9.17) is 4.52 Å². The van der Waals surface area contributed by atoms with Crippen LogP contribution in [-0.2, 0) is 16.4 Å². The fraction of sp³-hybridized carbons (Fsp3) is 0.818. The number of piperidine rings is 1. The highest BCUT2D eigenvalue weighted by Gasteiger charge is 2.25. The molecular formula is C11H20N4O3S. The molecule has 1 fully saturated rings. The van der Waals surface area contributed by atoms with E-state index in [1.54, 1.807) is 4.31 Å². The third-order valence-corrected chi connectivity index (χ3v) is 4.58. The third kappa shape index (κ3) is 4.55. The Morgan fingerprint density at radius 1 is 1.58 bits per heavy atom. The van der Waals surface area contributed by atoms with Crippen molar-refractivity contribution in [3.05, 3.63) is 12.2 Å². The van der Waals surface area contributed by atoms with Crippen LogP contribution in [0.1, 0.15) is 18.7 Å². The molecule has 19 heavy (non-hydrogen) atoms. The summed E-state index contributed by atoms with van der Waals surface area (Å²) in [5.41, 5.74) is 0. The fourth-order valence-corrected chi connectivity index (χ4v) is 3.24. The van der Waals surface area contributed by atoms with Crippen molar-refractivity contribution < 1.29 is 12.9 Å². The van der Waals surface area contributed by atoms with Gasteiger partial charge in [-0.25, -0.2) is 12.7 Å². The van der Waals surface area contributed by atoms with Crippen LogP contribution in [0, 0.1) is 5.92 Å². The van der Waals surface area contributed by atoms with Crippen LogP contribution in [0.5, 0.6) is 0 Å². The van der Waals surface area contributed by atoms with Crippen LogP contribution >= 0.6 is 0 Å². The van der Waals surface area contributed by atoms with Crippen LogP contribution in [0.2, 0.25) is 0 Å². The maximum absolute atomic E-state index is 11.5. The average Bonchev–Trinajstić information content (AvgIpc) is 2.87. The first-order valence-corrected chi connectivity index (χ1v) is 8.32. The van der Waals surface area contributed by atoms with E-state index in [-0.39, 0.29) is 0 Å². The second-order valence-corrected chi connectivity index (χ2v) is 6.90. The monoisotopic (exact) mass is 288 g/mol. The number of hydrogen-bond donors (Lipinski definition) is 1. The summed E-state index contributed by atoms with van der Waals surface area (Å²) >= 11 is 0. The Kier molecular flexibility index (Phi) is 4.89. The molecule has 1 aliphatic rings. The number of nitrogens with zero attached hydrogens (tertiary/aromatic N) is 3. The van der Waals surface area contributed by atoms with E-state index in [0.717, 1.165) is 25.9 Å². The standard InChI is InChI=1S/C11H20N4O3S/c1-19(16,17)15-6-2-3-10(8-15)7-12-5-4-11-13-9-14-18-11/h9-10,12H,2-8H2,1H3. The van der Waals surface area contributed by atoms with Crippen molar-refractivity contribution in [3.8, 4) is 0 Å². The lowest BCUT2D eigenvalue weighted by atomic mass is 10.00. The zero-order chi connectivity index (χ0) is 13.7. The lowest BCUT2D eigenvalue weighted by Crippen LogP contribution is -2.42. The molecule has 1 aliphatic heterocycles. The van der Waals surface area contributed by atoms with Gasteiger partial charge in [0.15, 0.2) is 6.33 Å². The summed E-state index contributed by atoms with van der Waals surface area (Å²) in [6.45, 7) is 2.85. The lowest BCUT2D eigenvalue weighted by molar-refractivity contribution is 0.261. The van der Waals surface area contributed by atoms with Gasteiger partial charge in [-0.2, -0.15) is 4.98 Å². The number of sulfonamides is 1. The van der Waals surface area contributed by atoms with Crippen molar-refractivity contribution in [2.75, 3.05) is 32.4 Å². The minimum absolute atomic E-state index is 0.381. The molecule has 0 amide bonds. The summed E-state index contributed by atoms with van der Waals surface area (Å²) in [6.07, 6.45) is 5.37. The molecule has 2 heterocycles. The number of aromatic nitrogens is 2. The molecule has 0 saturated carbocycles. The SMILES string of the molecule is CS(=O)(=O)N1CCCC(CNCCc2ncno2)C1. The topological polar surface area (TPSA) is 88.3 Å². The van der Waals surface area contributed by atoms with Crippen molar-refractivity contribution in [1.29, 1.82) is 0 Å². The van der Waals surface area contributed by atoms with Gasteiger partial charge in [0.05, 0.1) is 6.26 Å². The number of hydrogen-bond acceptors (Lipinski definition) is 6. The van der Waals surface area contributed by atoms with E-state index in [1.807, 2.05) is 0 Å². The van der Waals surface area contributed by atoms with Gasteiger partial charge in [-0.05, 0) is 25.3 Å². The van der Waals surface area contributed by atoms with Gasteiger partial charge < -0.3 is 9.84 Å². The zero-order valence-electron chi connectivity index (χ0n) is 11.1. The second-order valence-electron chi connectivity index (χ2n) is 4.92. The highest BCUT2D eigenvalue weighted by atomic mass is 32.2. The van der Waals surface area contributed by atoms with Crippen molar-refractivity contribution in [1.82, 2.24) is 19.8 Å². The predicted octanol–water partition coefficient (Wildman–Crippen LogP) is -0.127. The summed E-state index contributed by atoms with van der Waals surface area (Å²) in [7, 11) is -3.05. The van der Waals surface area contributed by atoms with E-state index in [1.165, 1.54) is 12.6 Å². The molecule has 0 bridgehead atoms. The Balaban J connectivity index is 1.68. The largest absolute Gasteiger partial charge is 0.340 e. The van der Waals surface area contributed by atoms with E-state index in [0.29, 0.717) is 31.3 Å². The van der Waals surface area contributed by atoms with E-state index in [9.17, 15) is 8.42 Å². The molecule has 1 atom stereocenters. The van der Waals surface area contributed by atoms with Gasteiger partial charge in [-0.15, -0.1) is 0 Å². The third-order valence-electron chi connectivity index (χ3n) is 3.31. The molecule has 1 aromatic rings. The van der Waals surface area contributed by atoms with Gasteiger partial charge in [0, 0.05) is 26.1 Å². The molecule has 0 spiro atoms.